The summed E-state index contributed by atoms with van der Waals surface area (Å²) in [5, 5.41) is 4.86. The summed E-state index contributed by atoms with van der Waals surface area (Å²) in [6.07, 6.45) is 3.47. The van der Waals surface area contributed by atoms with Crippen LogP contribution < -0.4 is 5.32 Å². The van der Waals surface area contributed by atoms with E-state index in [0.29, 0.717) is 5.41 Å². The first-order chi connectivity index (χ1) is 8.33. The van der Waals surface area contributed by atoms with Crippen molar-refractivity contribution in [3.05, 3.63) is 33.8 Å². The van der Waals surface area contributed by atoms with E-state index in [0.717, 1.165) is 22.0 Å². The van der Waals surface area contributed by atoms with Crippen LogP contribution in [0.2, 0.25) is 10.0 Å². The van der Waals surface area contributed by atoms with Crippen molar-refractivity contribution in [2.24, 2.45) is 5.41 Å². The fourth-order valence-electron chi connectivity index (χ4n) is 2.07. The van der Waals surface area contributed by atoms with Crippen molar-refractivity contribution >= 4 is 23.2 Å². The Morgan fingerprint density at radius 2 is 1.89 bits per heavy atom. The predicted octanol–water partition coefficient (Wildman–Crippen LogP) is 5.47. The van der Waals surface area contributed by atoms with Crippen molar-refractivity contribution in [2.75, 3.05) is 7.05 Å². The molecule has 0 saturated carbocycles. The summed E-state index contributed by atoms with van der Waals surface area (Å²) < 4.78 is 0. The highest BCUT2D eigenvalue weighted by molar-refractivity contribution is 6.33. The molecule has 0 fully saturated rings. The molecule has 0 aliphatic carbocycles. The Bertz CT molecular complexity index is 383. The first kappa shape index (κ1) is 15.8. The van der Waals surface area contributed by atoms with Crippen LogP contribution in [0.1, 0.15) is 51.6 Å². The van der Waals surface area contributed by atoms with E-state index in [2.05, 4.69) is 26.1 Å². The van der Waals surface area contributed by atoms with Crippen LogP contribution in [0.25, 0.3) is 0 Å². The lowest BCUT2D eigenvalue weighted by Crippen LogP contribution is -2.17. The normalized spacial score (nSPS) is 13.7. The number of nitrogens with one attached hydrogen (secondary N) is 1. The molecule has 3 heteroatoms. The van der Waals surface area contributed by atoms with E-state index in [1.54, 1.807) is 0 Å². The molecule has 0 radical (unpaired) electrons. The van der Waals surface area contributed by atoms with E-state index in [-0.39, 0.29) is 6.04 Å². The van der Waals surface area contributed by atoms with Gasteiger partial charge in [-0.25, -0.2) is 0 Å². The molecular formula is C15H23Cl2N. The average molecular weight is 288 g/mol. The van der Waals surface area contributed by atoms with Crippen molar-refractivity contribution in [3.8, 4) is 0 Å². The van der Waals surface area contributed by atoms with Gasteiger partial charge >= 0.3 is 0 Å². The molecule has 0 spiro atoms. The second kappa shape index (κ2) is 6.79. The minimum Gasteiger partial charge on any atom is -0.313 e. The molecular weight excluding hydrogens is 265 g/mol. The van der Waals surface area contributed by atoms with Crippen LogP contribution in [0.5, 0.6) is 0 Å². The topological polar surface area (TPSA) is 12.0 Å². The molecule has 0 heterocycles. The highest BCUT2D eigenvalue weighted by Crippen LogP contribution is 2.31. The molecule has 0 bridgehead atoms. The van der Waals surface area contributed by atoms with Crippen LogP contribution in [0.4, 0.5) is 0 Å². The molecule has 0 amide bonds. The molecule has 0 aromatic heterocycles. The van der Waals surface area contributed by atoms with Crippen molar-refractivity contribution in [2.45, 2.75) is 46.1 Å². The molecule has 1 rings (SSSR count). The molecule has 1 unspecified atom stereocenters. The summed E-state index contributed by atoms with van der Waals surface area (Å²) in [6.45, 7) is 6.81. The van der Waals surface area contributed by atoms with Crippen LogP contribution in [-0.2, 0) is 0 Å². The zero-order valence-electron chi connectivity index (χ0n) is 11.7. The predicted molar refractivity (Wildman–Crippen MR) is 81.6 cm³/mol. The fraction of sp³-hybridized carbons (Fsp3) is 0.600. The molecule has 0 aliphatic heterocycles. The van der Waals surface area contributed by atoms with Crippen LogP contribution in [0.15, 0.2) is 18.2 Å². The first-order valence-electron chi connectivity index (χ1n) is 6.46. The van der Waals surface area contributed by atoms with E-state index >= 15 is 0 Å². The summed E-state index contributed by atoms with van der Waals surface area (Å²) in [5.41, 5.74) is 1.48. The number of halogens is 2. The van der Waals surface area contributed by atoms with Gasteiger partial charge in [0.2, 0.25) is 0 Å². The zero-order chi connectivity index (χ0) is 13.8. The van der Waals surface area contributed by atoms with Gasteiger partial charge in [0.25, 0.3) is 0 Å². The Labute approximate surface area is 121 Å². The first-order valence-corrected chi connectivity index (χ1v) is 7.21. The summed E-state index contributed by atoms with van der Waals surface area (Å²) in [4.78, 5) is 0. The van der Waals surface area contributed by atoms with Gasteiger partial charge < -0.3 is 5.32 Å². The lowest BCUT2D eigenvalue weighted by molar-refractivity contribution is 0.347. The minimum atomic E-state index is 0.276. The summed E-state index contributed by atoms with van der Waals surface area (Å²) in [5.74, 6) is 0. The fourth-order valence-corrected chi connectivity index (χ4v) is 2.50. The zero-order valence-corrected chi connectivity index (χ0v) is 13.2. The molecule has 1 aromatic rings. The summed E-state index contributed by atoms with van der Waals surface area (Å²) in [6, 6.07) is 5.93. The maximum absolute atomic E-state index is 6.24. The Kier molecular flexibility index (Phi) is 5.97. The standard InChI is InChI=1S/C15H23Cl2N/c1-15(2,3)9-5-6-14(18-4)12-10-11(16)7-8-13(12)17/h7-8,10,14,18H,5-6,9H2,1-4H3. The van der Waals surface area contributed by atoms with Gasteiger partial charge in [0.05, 0.1) is 0 Å². The van der Waals surface area contributed by atoms with Crippen molar-refractivity contribution in [1.29, 1.82) is 0 Å². The molecule has 0 aliphatic rings. The SMILES string of the molecule is CNC(CCCC(C)(C)C)c1cc(Cl)ccc1Cl. The Morgan fingerprint density at radius 3 is 2.44 bits per heavy atom. The highest BCUT2D eigenvalue weighted by Gasteiger charge is 2.15. The Morgan fingerprint density at radius 1 is 1.22 bits per heavy atom. The van der Waals surface area contributed by atoms with Crippen molar-refractivity contribution in [1.82, 2.24) is 5.32 Å². The Hall–Kier alpha value is -0.240. The summed E-state index contributed by atoms with van der Waals surface area (Å²) in [7, 11) is 1.97. The van der Waals surface area contributed by atoms with Gasteiger partial charge in [-0.2, -0.15) is 0 Å². The summed E-state index contributed by atoms with van der Waals surface area (Å²) >= 11 is 12.3. The lowest BCUT2D eigenvalue weighted by Gasteiger charge is -2.22. The average Bonchev–Trinajstić information content (AvgIpc) is 2.27. The number of hydrogen-bond acceptors (Lipinski definition) is 1. The molecule has 1 atom stereocenters. The Balaban J connectivity index is 2.68. The van der Waals surface area contributed by atoms with E-state index in [9.17, 15) is 0 Å². The lowest BCUT2D eigenvalue weighted by atomic mass is 9.88. The molecule has 1 nitrogen and oxygen atoms in total. The minimum absolute atomic E-state index is 0.276. The molecule has 18 heavy (non-hydrogen) atoms. The monoisotopic (exact) mass is 287 g/mol. The van der Waals surface area contributed by atoms with Gasteiger partial charge in [0, 0.05) is 16.1 Å². The van der Waals surface area contributed by atoms with Crippen LogP contribution in [0.3, 0.4) is 0 Å². The van der Waals surface area contributed by atoms with Gasteiger partial charge in [-0.05, 0) is 49.1 Å². The van der Waals surface area contributed by atoms with Crippen LogP contribution in [-0.4, -0.2) is 7.05 Å². The third-order valence-electron chi connectivity index (χ3n) is 3.10. The molecule has 102 valence electrons. The third kappa shape index (κ3) is 5.17. The molecule has 1 N–H and O–H groups in total. The highest BCUT2D eigenvalue weighted by atomic mass is 35.5. The second-order valence-corrected chi connectivity index (χ2v) is 6.80. The number of benzene rings is 1. The van der Waals surface area contributed by atoms with Gasteiger partial charge in [-0.3, -0.25) is 0 Å². The smallest absolute Gasteiger partial charge is 0.0454 e. The second-order valence-electron chi connectivity index (χ2n) is 5.96. The van der Waals surface area contributed by atoms with Gasteiger partial charge in [-0.1, -0.05) is 50.4 Å². The van der Waals surface area contributed by atoms with Crippen molar-refractivity contribution < 1.29 is 0 Å². The van der Waals surface area contributed by atoms with E-state index in [1.165, 1.54) is 12.8 Å². The maximum atomic E-state index is 6.24. The van der Waals surface area contributed by atoms with Gasteiger partial charge in [-0.15, -0.1) is 0 Å². The largest absolute Gasteiger partial charge is 0.313 e. The van der Waals surface area contributed by atoms with E-state index < -0.39 is 0 Å². The van der Waals surface area contributed by atoms with Gasteiger partial charge in [0.1, 0.15) is 0 Å². The van der Waals surface area contributed by atoms with Crippen molar-refractivity contribution in [3.63, 3.8) is 0 Å². The molecule has 1 aromatic carbocycles. The quantitative estimate of drug-likeness (QED) is 0.757. The van der Waals surface area contributed by atoms with E-state index in [1.807, 2.05) is 25.2 Å². The van der Waals surface area contributed by atoms with E-state index in [4.69, 9.17) is 23.2 Å². The van der Waals surface area contributed by atoms with Crippen LogP contribution in [0, 0.1) is 5.41 Å². The maximum Gasteiger partial charge on any atom is 0.0454 e. The molecule has 0 saturated heterocycles. The van der Waals surface area contributed by atoms with Crippen LogP contribution >= 0.6 is 23.2 Å². The number of rotatable bonds is 5. The third-order valence-corrected chi connectivity index (χ3v) is 3.68. The van der Waals surface area contributed by atoms with Gasteiger partial charge in [0.15, 0.2) is 0 Å². The number of hydrogen-bond donors (Lipinski definition) is 1.